The van der Waals surface area contributed by atoms with E-state index in [0.29, 0.717) is 20.9 Å². The van der Waals surface area contributed by atoms with Crippen molar-refractivity contribution in [2.24, 2.45) is 0 Å². The molecule has 27 heavy (non-hydrogen) atoms. The van der Waals surface area contributed by atoms with Crippen LogP contribution in [0.3, 0.4) is 0 Å². The maximum absolute atomic E-state index is 13.0. The van der Waals surface area contributed by atoms with Crippen LogP contribution in [0.2, 0.25) is 0 Å². The van der Waals surface area contributed by atoms with E-state index in [1.165, 1.54) is 18.2 Å². The number of benzene rings is 2. The van der Waals surface area contributed by atoms with Crippen LogP contribution < -0.4 is 8.92 Å². The van der Waals surface area contributed by atoms with Gasteiger partial charge in [0.1, 0.15) is 4.90 Å². The topological polar surface area (TPSA) is 89.3 Å². The lowest BCUT2D eigenvalue weighted by Gasteiger charge is -2.15. The molecule has 0 aliphatic rings. The fourth-order valence-electron chi connectivity index (χ4n) is 2.64. The van der Waals surface area contributed by atoms with Gasteiger partial charge in [-0.05, 0) is 59.6 Å². The molecule has 1 aromatic heterocycles. The normalized spacial score (nSPS) is 11.2. The minimum atomic E-state index is -4.17. The first-order valence-corrected chi connectivity index (χ1v) is 10.2. The molecule has 1 heterocycles. The van der Waals surface area contributed by atoms with E-state index in [-0.39, 0.29) is 23.0 Å². The van der Waals surface area contributed by atoms with Gasteiger partial charge in [0.15, 0.2) is 11.5 Å². The predicted molar refractivity (Wildman–Crippen MR) is 104 cm³/mol. The largest absolute Gasteiger partial charge is 0.490 e. The van der Waals surface area contributed by atoms with Crippen molar-refractivity contribution in [3.63, 3.8) is 0 Å². The summed E-state index contributed by atoms with van der Waals surface area (Å²) in [6, 6.07) is 11.4. The van der Waals surface area contributed by atoms with Crippen LogP contribution in [0, 0.1) is 18.3 Å². The first-order chi connectivity index (χ1) is 12.9. The van der Waals surface area contributed by atoms with E-state index in [0.717, 1.165) is 5.56 Å². The first kappa shape index (κ1) is 19.1. The fourth-order valence-corrected chi connectivity index (χ4v) is 4.42. The molecule has 3 aromatic rings. The van der Waals surface area contributed by atoms with Gasteiger partial charge in [-0.1, -0.05) is 6.07 Å². The van der Waals surface area contributed by atoms with Crippen molar-refractivity contribution in [2.45, 2.75) is 18.7 Å². The molecule has 0 fully saturated rings. The van der Waals surface area contributed by atoms with E-state index in [1.54, 1.807) is 31.3 Å². The fraction of sp³-hybridized carbons (Fsp3) is 0.158. The zero-order valence-corrected chi connectivity index (χ0v) is 17.0. The van der Waals surface area contributed by atoms with E-state index in [2.05, 4.69) is 20.9 Å². The highest BCUT2D eigenvalue weighted by Crippen LogP contribution is 2.39. The third-order valence-corrected chi connectivity index (χ3v) is 5.70. The Labute approximate surface area is 165 Å². The highest BCUT2D eigenvalue weighted by atomic mass is 79.9. The van der Waals surface area contributed by atoms with Crippen molar-refractivity contribution in [1.82, 2.24) is 4.98 Å². The molecule has 0 spiro atoms. The number of aromatic nitrogens is 1. The summed E-state index contributed by atoms with van der Waals surface area (Å²) in [6.45, 7) is 3.90. The summed E-state index contributed by atoms with van der Waals surface area (Å²) in [5, 5.41) is 9.58. The summed E-state index contributed by atoms with van der Waals surface area (Å²) in [4.78, 5) is 4.27. The number of pyridine rings is 1. The van der Waals surface area contributed by atoms with Crippen molar-refractivity contribution < 1.29 is 17.3 Å². The molecular weight excluding hydrogens is 432 g/mol. The minimum Gasteiger partial charge on any atom is -0.490 e. The van der Waals surface area contributed by atoms with Crippen LogP contribution in [0.15, 0.2) is 52.0 Å². The van der Waals surface area contributed by atoms with Gasteiger partial charge in [-0.2, -0.15) is 13.7 Å². The molecule has 0 saturated heterocycles. The number of rotatable bonds is 5. The summed E-state index contributed by atoms with van der Waals surface area (Å²) in [5.74, 6) is 0.162. The van der Waals surface area contributed by atoms with Crippen LogP contribution in [0.4, 0.5) is 0 Å². The molecule has 0 aliphatic carbocycles. The Kier molecular flexibility index (Phi) is 5.35. The minimum absolute atomic E-state index is 0.00605. The number of ether oxygens (including phenoxy) is 1. The molecule has 2 aromatic carbocycles. The monoisotopic (exact) mass is 446 g/mol. The van der Waals surface area contributed by atoms with Gasteiger partial charge in [-0.15, -0.1) is 0 Å². The average Bonchev–Trinajstić information content (AvgIpc) is 2.64. The van der Waals surface area contributed by atoms with E-state index < -0.39 is 10.1 Å². The van der Waals surface area contributed by atoms with Gasteiger partial charge in [0.25, 0.3) is 0 Å². The number of hydrogen-bond acceptors (Lipinski definition) is 6. The summed E-state index contributed by atoms with van der Waals surface area (Å²) in [5.41, 5.74) is 1.77. The highest BCUT2D eigenvalue weighted by Gasteiger charge is 2.24. The number of fused-ring (bicyclic) bond motifs is 1. The Morgan fingerprint density at radius 2 is 2.04 bits per heavy atom. The summed E-state index contributed by atoms with van der Waals surface area (Å²) < 4.78 is 37.2. The van der Waals surface area contributed by atoms with Gasteiger partial charge in [-0.3, -0.25) is 4.98 Å². The Bertz CT molecular complexity index is 1170. The van der Waals surface area contributed by atoms with Gasteiger partial charge in [-0.25, -0.2) is 0 Å². The summed E-state index contributed by atoms with van der Waals surface area (Å²) in [6.07, 6.45) is 1.61. The molecule has 0 N–H and O–H groups in total. The number of halogens is 1. The number of nitrogens with zero attached hydrogens (tertiary/aromatic N) is 2. The van der Waals surface area contributed by atoms with Crippen molar-refractivity contribution in [3.8, 4) is 17.6 Å². The van der Waals surface area contributed by atoms with Crippen LogP contribution in [-0.4, -0.2) is 20.0 Å². The lowest BCUT2D eigenvalue weighted by molar-refractivity contribution is 0.327. The number of hydrogen-bond donors (Lipinski definition) is 0. The molecule has 0 radical (unpaired) electrons. The third kappa shape index (κ3) is 3.75. The Morgan fingerprint density at radius 3 is 2.74 bits per heavy atom. The second-order valence-corrected chi connectivity index (χ2v) is 8.02. The second kappa shape index (κ2) is 7.55. The standard InChI is InChI=1S/C19H15BrN2O4S/c1-3-25-16-10-13(11-21)9-15(20)19(16)26-27(23,24)17-7-6-12(2)18-14(17)5-4-8-22-18/h4-10H,3H2,1-2H3. The van der Waals surface area contributed by atoms with Crippen LogP contribution in [-0.2, 0) is 10.1 Å². The number of aryl methyl sites for hydroxylation is 1. The van der Waals surface area contributed by atoms with Gasteiger partial charge < -0.3 is 8.92 Å². The first-order valence-electron chi connectivity index (χ1n) is 8.02. The van der Waals surface area contributed by atoms with Crippen molar-refractivity contribution in [2.75, 3.05) is 6.61 Å². The maximum Gasteiger partial charge on any atom is 0.340 e. The van der Waals surface area contributed by atoms with E-state index >= 15 is 0 Å². The van der Waals surface area contributed by atoms with Crippen molar-refractivity contribution in [3.05, 3.63) is 58.2 Å². The number of nitriles is 1. The van der Waals surface area contributed by atoms with Crippen LogP contribution >= 0.6 is 15.9 Å². The average molecular weight is 447 g/mol. The van der Waals surface area contributed by atoms with Gasteiger partial charge in [0.2, 0.25) is 0 Å². The Balaban J connectivity index is 2.14. The van der Waals surface area contributed by atoms with Crippen molar-refractivity contribution in [1.29, 1.82) is 5.26 Å². The molecule has 0 bridgehead atoms. The zero-order chi connectivity index (χ0) is 19.6. The van der Waals surface area contributed by atoms with Gasteiger partial charge >= 0.3 is 10.1 Å². The summed E-state index contributed by atoms with van der Waals surface area (Å²) >= 11 is 3.26. The molecule has 0 atom stereocenters. The molecule has 0 amide bonds. The second-order valence-electron chi connectivity index (χ2n) is 5.65. The smallest absolute Gasteiger partial charge is 0.340 e. The zero-order valence-electron chi connectivity index (χ0n) is 14.6. The van der Waals surface area contributed by atoms with Gasteiger partial charge in [0.05, 0.1) is 28.2 Å². The molecular formula is C19H15BrN2O4S. The lowest BCUT2D eigenvalue weighted by atomic mass is 10.1. The van der Waals surface area contributed by atoms with E-state index in [9.17, 15) is 8.42 Å². The molecule has 0 aliphatic heterocycles. The van der Waals surface area contributed by atoms with Crippen LogP contribution in [0.25, 0.3) is 10.9 Å². The van der Waals surface area contributed by atoms with Crippen molar-refractivity contribution >= 4 is 37.0 Å². The lowest BCUT2D eigenvalue weighted by Crippen LogP contribution is -2.12. The van der Waals surface area contributed by atoms with Crippen LogP contribution in [0.1, 0.15) is 18.1 Å². The summed E-state index contributed by atoms with van der Waals surface area (Å²) in [7, 11) is -4.17. The Morgan fingerprint density at radius 1 is 1.26 bits per heavy atom. The third-order valence-electron chi connectivity index (χ3n) is 3.83. The molecule has 138 valence electrons. The molecule has 3 rings (SSSR count). The molecule has 8 heteroatoms. The molecule has 0 saturated carbocycles. The van der Waals surface area contributed by atoms with E-state index in [1.807, 2.05) is 13.0 Å². The van der Waals surface area contributed by atoms with Crippen LogP contribution in [0.5, 0.6) is 11.5 Å². The highest BCUT2D eigenvalue weighted by molar-refractivity contribution is 9.10. The van der Waals surface area contributed by atoms with Gasteiger partial charge in [0, 0.05) is 17.6 Å². The van der Waals surface area contributed by atoms with E-state index in [4.69, 9.17) is 14.2 Å². The Hall–Kier alpha value is -2.63. The molecule has 6 nitrogen and oxygen atoms in total. The predicted octanol–water partition coefficient (Wildman–Crippen LogP) is 4.34. The quantitative estimate of drug-likeness (QED) is 0.541. The maximum atomic E-state index is 13.0. The molecule has 0 unspecified atom stereocenters. The SMILES string of the molecule is CCOc1cc(C#N)cc(Br)c1OS(=O)(=O)c1ccc(C)c2ncccc12.